The lowest BCUT2D eigenvalue weighted by molar-refractivity contribution is -0.142. The van der Waals surface area contributed by atoms with Gasteiger partial charge in [-0.15, -0.1) is 0 Å². The van der Waals surface area contributed by atoms with Gasteiger partial charge < -0.3 is 14.8 Å². The van der Waals surface area contributed by atoms with Crippen LogP contribution in [0, 0.1) is 5.82 Å². The fourth-order valence-electron chi connectivity index (χ4n) is 4.04. The van der Waals surface area contributed by atoms with Crippen molar-refractivity contribution < 1.29 is 14.2 Å². The quantitative estimate of drug-likeness (QED) is 0.594. The van der Waals surface area contributed by atoms with Crippen LogP contribution < -0.4 is 11.2 Å². The van der Waals surface area contributed by atoms with Gasteiger partial charge in [-0.25, -0.2) is 14.2 Å². The molecule has 9 heteroatoms. The molecule has 33 heavy (non-hydrogen) atoms. The van der Waals surface area contributed by atoms with E-state index in [1.54, 1.807) is 25.1 Å². The monoisotopic (exact) mass is 454 g/mol. The van der Waals surface area contributed by atoms with Gasteiger partial charge in [0.05, 0.1) is 12.2 Å². The number of H-pyrrole nitrogens is 1. The number of aliphatic hydroxyl groups is 1. The topological polar surface area (TPSA) is 102 Å². The number of halogens is 1. The number of fused-ring (bicyclic) bond motifs is 1. The Kier molecular flexibility index (Phi) is 5.84. The van der Waals surface area contributed by atoms with E-state index in [-0.39, 0.29) is 17.2 Å². The van der Waals surface area contributed by atoms with Gasteiger partial charge in [-0.1, -0.05) is 26.0 Å². The summed E-state index contributed by atoms with van der Waals surface area (Å²) >= 11 is 0. The second kappa shape index (κ2) is 8.47. The number of nitrogens with one attached hydrogen (secondary N) is 1. The summed E-state index contributed by atoms with van der Waals surface area (Å²) in [6.07, 6.45) is 5.04. The Morgan fingerprint density at radius 3 is 2.70 bits per heavy atom. The first-order valence-electron chi connectivity index (χ1n) is 11.0. The lowest BCUT2D eigenvalue weighted by Crippen LogP contribution is -2.41. The number of allylic oxidation sites excluding steroid dienone is 2. The van der Waals surface area contributed by atoms with Crippen LogP contribution in [0.1, 0.15) is 57.5 Å². The Bertz CT molecular complexity index is 1380. The maximum Gasteiger partial charge on any atom is 0.332 e. The van der Waals surface area contributed by atoms with Crippen molar-refractivity contribution >= 4 is 16.7 Å². The number of aryl methyl sites for hydroxylation is 1. The molecule has 3 atom stereocenters. The van der Waals surface area contributed by atoms with Crippen LogP contribution in [0.15, 0.2) is 52.3 Å². The van der Waals surface area contributed by atoms with Crippen LogP contribution in [-0.2, 0) is 11.3 Å². The van der Waals surface area contributed by atoms with Gasteiger partial charge in [0, 0.05) is 18.2 Å². The maximum atomic E-state index is 13.7. The van der Waals surface area contributed by atoms with Crippen molar-refractivity contribution in [1.82, 2.24) is 19.1 Å². The first-order valence-corrected chi connectivity index (χ1v) is 11.0. The van der Waals surface area contributed by atoms with Crippen LogP contribution >= 0.6 is 0 Å². The van der Waals surface area contributed by atoms with Gasteiger partial charge in [0.25, 0.3) is 5.56 Å². The summed E-state index contributed by atoms with van der Waals surface area (Å²) in [6.45, 7) is 7.61. The average molecular weight is 455 g/mol. The highest BCUT2D eigenvalue weighted by atomic mass is 19.1. The molecule has 0 radical (unpaired) electrons. The first-order chi connectivity index (χ1) is 15.7. The fourth-order valence-corrected chi connectivity index (χ4v) is 4.04. The molecule has 1 aromatic carbocycles. The standard InChI is InChI=1S/C24H27FN4O4/c1-5-14(3)29-22(30)19-21(28(6-2)23(29)31)27-20(26-19)17-10-11-33-24(32,13-17)15(4)16-8-7-9-18(25)12-16/h7-15,32H,5-6H2,1-4H3,(H,26,27). The van der Waals surface area contributed by atoms with Crippen molar-refractivity contribution in [2.45, 2.75) is 58.4 Å². The summed E-state index contributed by atoms with van der Waals surface area (Å²) in [6, 6.07) is 5.69. The molecule has 1 aliphatic rings. The zero-order valence-corrected chi connectivity index (χ0v) is 19.0. The molecule has 2 N–H and O–H groups in total. The summed E-state index contributed by atoms with van der Waals surface area (Å²) < 4.78 is 21.9. The molecule has 174 valence electrons. The highest BCUT2D eigenvalue weighted by Gasteiger charge is 2.37. The molecule has 0 saturated carbocycles. The van der Waals surface area contributed by atoms with E-state index >= 15 is 0 Å². The molecule has 3 unspecified atom stereocenters. The number of benzene rings is 1. The molecule has 0 fully saturated rings. The number of imidazole rings is 1. The number of hydrogen-bond acceptors (Lipinski definition) is 5. The molecule has 2 aromatic heterocycles. The van der Waals surface area contributed by atoms with Gasteiger partial charge in [-0.05, 0) is 50.1 Å². The molecule has 8 nitrogen and oxygen atoms in total. The zero-order chi connectivity index (χ0) is 23.9. The Balaban J connectivity index is 1.84. The minimum Gasteiger partial charge on any atom is -0.466 e. The zero-order valence-electron chi connectivity index (χ0n) is 19.0. The van der Waals surface area contributed by atoms with Crippen LogP contribution in [-0.4, -0.2) is 30.0 Å². The van der Waals surface area contributed by atoms with Gasteiger partial charge in [0.15, 0.2) is 5.65 Å². The van der Waals surface area contributed by atoms with E-state index in [4.69, 9.17) is 4.74 Å². The summed E-state index contributed by atoms with van der Waals surface area (Å²) in [5, 5.41) is 11.2. The SMILES string of the molecule is CCC(C)n1c(=O)c2[nH]c(C3=CC(O)(C(C)c4cccc(F)c4)OC=C3)nc2n(CC)c1=O. The first kappa shape index (κ1) is 22.7. The Hall–Kier alpha value is -3.46. The molecule has 0 aliphatic carbocycles. The van der Waals surface area contributed by atoms with E-state index < -0.39 is 28.8 Å². The van der Waals surface area contributed by atoms with E-state index in [0.29, 0.717) is 29.9 Å². The molecule has 0 bridgehead atoms. The van der Waals surface area contributed by atoms with Crippen LogP contribution in [0.4, 0.5) is 4.39 Å². The number of nitrogens with zero attached hydrogens (tertiary/aromatic N) is 3. The Morgan fingerprint density at radius 1 is 1.27 bits per heavy atom. The van der Waals surface area contributed by atoms with Crippen molar-refractivity contribution in [3.63, 3.8) is 0 Å². The Morgan fingerprint density at radius 2 is 2.03 bits per heavy atom. The molecule has 0 spiro atoms. The summed E-state index contributed by atoms with van der Waals surface area (Å²) in [5.41, 5.74) is 0.666. The third-order valence-electron chi connectivity index (χ3n) is 6.27. The average Bonchev–Trinajstić information content (AvgIpc) is 3.24. The molecular formula is C24H27FN4O4. The molecule has 3 aromatic rings. The minimum atomic E-state index is -1.77. The van der Waals surface area contributed by atoms with Crippen LogP contribution in [0.3, 0.4) is 0 Å². The number of rotatable bonds is 6. The predicted octanol–water partition coefficient (Wildman–Crippen LogP) is 3.44. The number of aromatic amines is 1. The van der Waals surface area contributed by atoms with E-state index in [1.165, 1.54) is 33.6 Å². The summed E-state index contributed by atoms with van der Waals surface area (Å²) in [5.74, 6) is -2.46. The predicted molar refractivity (Wildman–Crippen MR) is 123 cm³/mol. The molecule has 1 aliphatic heterocycles. The van der Waals surface area contributed by atoms with Gasteiger partial charge in [0.2, 0.25) is 5.79 Å². The number of ether oxygens (including phenoxy) is 1. The molecule has 0 amide bonds. The van der Waals surface area contributed by atoms with E-state index in [1.807, 2.05) is 20.8 Å². The normalized spacial score (nSPS) is 19.9. The second-order valence-electron chi connectivity index (χ2n) is 8.29. The van der Waals surface area contributed by atoms with Crippen LogP contribution in [0.25, 0.3) is 16.7 Å². The van der Waals surface area contributed by atoms with Crippen molar-refractivity contribution in [1.29, 1.82) is 0 Å². The summed E-state index contributed by atoms with van der Waals surface area (Å²) in [4.78, 5) is 33.6. The van der Waals surface area contributed by atoms with E-state index in [2.05, 4.69) is 9.97 Å². The van der Waals surface area contributed by atoms with Crippen molar-refractivity contribution in [2.24, 2.45) is 0 Å². The molecular weight excluding hydrogens is 427 g/mol. The van der Waals surface area contributed by atoms with Crippen molar-refractivity contribution in [2.75, 3.05) is 0 Å². The molecule has 3 heterocycles. The highest BCUT2D eigenvalue weighted by Crippen LogP contribution is 2.36. The van der Waals surface area contributed by atoms with Crippen molar-refractivity contribution in [3.8, 4) is 0 Å². The summed E-state index contributed by atoms with van der Waals surface area (Å²) in [7, 11) is 0. The van der Waals surface area contributed by atoms with Crippen LogP contribution in [0.5, 0.6) is 0 Å². The van der Waals surface area contributed by atoms with E-state index in [0.717, 1.165) is 0 Å². The fraction of sp³-hybridized carbons (Fsp3) is 0.375. The second-order valence-corrected chi connectivity index (χ2v) is 8.29. The lowest BCUT2D eigenvalue weighted by atomic mass is 9.89. The minimum absolute atomic E-state index is 0.217. The van der Waals surface area contributed by atoms with Gasteiger partial charge >= 0.3 is 5.69 Å². The van der Waals surface area contributed by atoms with Gasteiger partial charge in [-0.2, -0.15) is 0 Å². The smallest absolute Gasteiger partial charge is 0.332 e. The Labute approximate surface area is 189 Å². The number of hydrogen-bond donors (Lipinski definition) is 2. The van der Waals surface area contributed by atoms with Crippen molar-refractivity contribution in [3.05, 3.63) is 80.7 Å². The van der Waals surface area contributed by atoms with E-state index in [9.17, 15) is 19.1 Å². The highest BCUT2D eigenvalue weighted by molar-refractivity contribution is 5.79. The van der Waals surface area contributed by atoms with Gasteiger partial charge in [0.1, 0.15) is 17.2 Å². The largest absolute Gasteiger partial charge is 0.466 e. The molecule has 4 rings (SSSR count). The number of aromatic nitrogens is 4. The maximum absolute atomic E-state index is 13.7. The third-order valence-corrected chi connectivity index (χ3v) is 6.27. The van der Waals surface area contributed by atoms with Crippen LogP contribution in [0.2, 0.25) is 0 Å². The molecule has 0 saturated heterocycles. The third kappa shape index (κ3) is 3.82. The van der Waals surface area contributed by atoms with Gasteiger partial charge in [-0.3, -0.25) is 13.9 Å². The lowest BCUT2D eigenvalue weighted by Gasteiger charge is -2.33.